The van der Waals surface area contributed by atoms with E-state index < -0.39 is 4.92 Å². The molecule has 0 saturated carbocycles. The van der Waals surface area contributed by atoms with Crippen molar-refractivity contribution >= 4 is 17.7 Å². The Morgan fingerprint density at radius 1 is 1.07 bits per heavy atom. The monoisotopic (exact) mass is 404 g/mol. The summed E-state index contributed by atoms with van der Waals surface area (Å²) in [6.45, 7) is 6.94. The zero-order valence-corrected chi connectivity index (χ0v) is 17.3. The maximum absolute atomic E-state index is 12.2. The number of aryl methyl sites for hydroxylation is 2. The average Bonchev–Trinajstić information content (AvgIpc) is 2.99. The quantitative estimate of drug-likeness (QED) is 0.365. The highest BCUT2D eigenvalue weighted by atomic mass is 16.6. The van der Waals surface area contributed by atoms with E-state index in [1.807, 2.05) is 18.5 Å². The highest BCUT2D eigenvalue weighted by Gasteiger charge is 2.10. The van der Waals surface area contributed by atoms with E-state index in [-0.39, 0.29) is 11.6 Å². The van der Waals surface area contributed by atoms with Crippen molar-refractivity contribution in [1.82, 2.24) is 15.1 Å². The van der Waals surface area contributed by atoms with Crippen LogP contribution in [-0.4, -0.2) is 20.6 Å². The van der Waals surface area contributed by atoms with Gasteiger partial charge in [-0.25, -0.2) is 0 Å². The lowest BCUT2D eigenvalue weighted by Crippen LogP contribution is -2.20. The third-order valence-electron chi connectivity index (χ3n) is 4.91. The van der Waals surface area contributed by atoms with Crippen molar-refractivity contribution in [1.29, 1.82) is 0 Å². The fourth-order valence-corrected chi connectivity index (χ4v) is 3.11. The van der Waals surface area contributed by atoms with Crippen molar-refractivity contribution in [2.45, 2.75) is 33.9 Å². The van der Waals surface area contributed by atoms with Crippen LogP contribution in [0.15, 0.2) is 54.6 Å². The molecule has 0 bridgehead atoms. The minimum atomic E-state index is -0.450. The molecule has 0 atom stereocenters. The molecule has 154 valence electrons. The van der Waals surface area contributed by atoms with E-state index >= 15 is 0 Å². The molecule has 2 aromatic carbocycles. The minimum absolute atomic E-state index is 0.0265. The Kier molecular flexibility index (Phi) is 6.41. The van der Waals surface area contributed by atoms with E-state index in [2.05, 4.69) is 41.6 Å². The van der Waals surface area contributed by atoms with Crippen molar-refractivity contribution in [2.75, 3.05) is 0 Å². The third kappa shape index (κ3) is 5.20. The normalized spacial score (nSPS) is 11.0. The number of amides is 1. The lowest BCUT2D eigenvalue weighted by atomic mass is 10.1. The zero-order valence-electron chi connectivity index (χ0n) is 17.3. The number of non-ortho nitro benzene ring substituents is 1. The summed E-state index contributed by atoms with van der Waals surface area (Å²) in [5, 5.41) is 18.1. The van der Waals surface area contributed by atoms with Gasteiger partial charge in [0.15, 0.2) is 0 Å². The van der Waals surface area contributed by atoms with Gasteiger partial charge in [0.1, 0.15) is 0 Å². The van der Waals surface area contributed by atoms with E-state index in [4.69, 9.17) is 0 Å². The number of nitrogens with one attached hydrogen (secondary N) is 1. The van der Waals surface area contributed by atoms with Gasteiger partial charge in [-0.15, -0.1) is 0 Å². The van der Waals surface area contributed by atoms with Crippen LogP contribution in [0.5, 0.6) is 0 Å². The van der Waals surface area contributed by atoms with Gasteiger partial charge in [0.2, 0.25) is 5.91 Å². The first-order valence-electron chi connectivity index (χ1n) is 9.62. The molecular formula is C23H24N4O3. The standard InChI is InChI=1S/C23H24N4O3/c1-16-4-6-20(7-5-16)15-26-18(3)22(17(2)25-26)12-13-23(28)24-14-19-8-10-21(11-9-19)27(29)30/h4-13H,14-15H2,1-3H3,(H,24,28)/b13-12+. The number of nitro groups is 1. The fraction of sp³-hybridized carbons (Fsp3) is 0.217. The van der Waals surface area contributed by atoms with Gasteiger partial charge in [0, 0.05) is 36.0 Å². The molecule has 1 heterocycles. The van der Waals surface area contributed by atoms with Crippen LogP contribution in [0.3, 0.4) is 0 Å². The molecule has 3 aromatic rings. The van der Waals surface area contributed by atoms with E-state index in [0.717, 1.165) is 22.5 Å². The first-order chi connectivity index (χ1) is 14.3. The van der Waals surface area contributed by atoms with Gasteiger partial charge < -0.3 is 5.32 Å². The largest absolute Gasteiger partial charge is 0.348 e. The predicted molar refractivity (Wildman–Crippen MR) is 116 cm³/mol. The number of benzene rings is 2. The SMILES string of the molecule is Cc1ccc(Cn2nc(C)c(/C=C/C(=O)NCc3ccc([N+](=O)[O-])cc3)c2C)cc1. The van der Waals surface area contributed by atoms with Crippen molar-refractivity contribution in [3.05, 3.63) is 98.4 Å². The molecule has 1 amide bonds. The summed E-state index contributed by atoms with van der Waals surface area (Å²) in [6, 6.07) is 14.4. The van der Waals surface area contributed by atoms with Crippen LogP contribution in [0, 0.1) is 30.9 Å². The summed E-state index contributed by atoms with van der Waals surface area (Å²) in [4.78, 5) is 22.4. The highest BCUT2D eigenvalue weighted by Crippen LogP contribution is 2.17. The van der Waals surface area contributed by atoms with Crippen LogP contribution in [0.2, 0.25) is 0 Å². The maximum atomic E-state index is 12.2. The zero-order chi connectivity index (χ0) is 21.7. The van der Waals surface area contributed by atoms with Gasteiger partial charge >= 0.3 is 0 Å². The Labute approximate surface area is 175 Å². The van der Waals surface area contributed by atoms with Gasteiger partial charge in [-0.2, -0.15) is 5.10 Å². The molecule has 0 aliphatic carbocycles. The molecule has 0 unspecified atom stereocenters. The third-order valence-corrected chi connectivity index (χ3v) is 4.91. The molecule has 0 radical (unpaired) electrons. The number of aromatic nitrogens is 2. The minimum Gasteiger partial charge on any atom is -0.348 e. The molecule has 1 aromatic heterocycles. The van der Waals surface area contributed by atoms with Crippen LogP contribution < -0.4 is 5.32 Å². The lowest BCUT2D eigenvalue weighted by molar-refractivity contribution is -0.384. The lowest BCUT2D eigenvalue weighted by Gasteiger charge is -2.05. The van der Waals surface area contributed by atoms with Gasteiger partial charge in [-0.1, -0.05) is 42.0 Å². The molecule has 0 saturated heterocycles. The number of rotatable bonds is 7. The van der Waals surface area contributed by atoms with Gasteiger partial charge in [0.05, 0.1) is 17.2 Å². The summed E-state index contributed by atoms with van der Waals surface area (Å²) in [7, 11) is 0. The van der Waals surface area contributed by atoms with E-state index in [0.29, 0.717) is 13.1 Å². The second-order valence-corrected chi connectivity index (χ2v) is 7.20. The molecule has 0 aliphatic rings. The van der Waals surface area contributed by atoms with Crippen LogP contribution >= 0.6 is 0 Å². The Hall–Kier alpha value is -3.74. The molecule has 7 nitrogen and oxygen atoms in total. The van der Waals surface area contributed by atoms with Gasteiger partial charge in [-0.3, -0.25) is 19.6 Å². The second kappa shape index (κ2) is 9.17. The van der Waals surface area contributed by atoms with Gasteiger partial charge in [-0.05, 0) is 38.0 Å². The summed E-state index contributed by atoms with van der Waals surface area (Å²) in [5.74, 6) is -0.238. The van der Waals surface area contributed by atoms with E-state index in [1.54, 1.807) is 18.2 Å². The Morgan fingerprint density at radius 3 is 2.33 bits per heavy atom. The van der Waals surface area contributed by atoms with Crippen LogP contribution in [-0.2, 0) is 17.9 Å². The number of carbonyl (C=O) groups is 1. The first kappa shape index (κ1) is 21.0. The van der Waals surface area contributed by atoms with E-state index in [9.17, 15) is 14.9 Å². The Bertz CT molecular complexity index is 1080. The number of hydrogen-bond donors (Lipinski definition) is 1. The molecule has 0 spiro atoms. The summed E-state index contributed by atoms with van der Waals surface area (Å²) in [5.41, 5.74) is 5.98. The molecule has 7 heteroatoms. The molecule has 0 aliphatic heterocycles. The number of nitro benzene ring substituents is 1. The van der Waals surface area contributed by atoms with Gasteiger partial charge in [0.25, 0.3) is 5.69 Å². The summed E-state index contributed by atoms with van der Waals surface area (Å²) in [6.07, 6.45) is 3.26. The van der Waals surface area contributed by atoms with Crippen molar-refractivity contribution < 1.29 is 9.72 Å². The average molecular weight is 404 g/mol. The maximum Gasteiger partial charge on any atom is 0.269 e. The van der Waals surface area contributed by atoms with Crippen molar-refractivity contribution in [3.63, 3.8) is 0 Å². The van der Waals surface area contributed by atoms with Crippen LogP contribution in [0.4, 0.5) is 5.69 Å². The van der Waals surface area contributed by atoms with Crippen LogP contribution in [0.25, 0.3) is 6.08 Å². The molecule has 1 N–H and O–H groups in total. The number of hydrogen-bond acceptors (Lipinski definition) is 4. The van der Waals surface area contributed by atoms with Crippen LogP contribution in [0.1, 0.15) is 33.6 Å². The molecule has 3 rings (SSSR count). The number of carbonyl (C=O) groups excluding carboxylic acids is 1. The Balaban J connectivity index is 1.62. The van der Waals surface area contributed by atoms with Crippen molar-refractivity contribution in [2.24, 2.45) is 0 Å². The summed E-state index contributed by atoms with van der Waals surface area (Å²) < 4.78 is 1.94. The number of nitrogens with zero attached hydrogens (tertiary/aromatic N) is 3. The summed E-state index contributed by atoms with van der Waals surface area (Å²) >= 11 is 0. The smallest absolute Gasteiger partial charge is 0.269 e. The predicted octanol–water partition coefficient (Wildman–Crippen LogP) is 4.09. The molecule has 30 heavy (non-hydrogen) atoms. The van der Waals surface area contributed by atoms with E-state index in [1.165, 1.54) is 29.3 Å². The molecular weight excluding hydrogens is 380 g/mol. The highest BCUT2D eigenvalue weighted by molar-refractivity contribution is 5.91. The van der Waals surface area contributed by atoms with Crippen molar-refractivity contribution in [3.8, 4) is 0 Å². The fourth-order valence-electron chi connectivity index (χ4n) is 3.11. The Morgan fingerprint density at radius 2 is 1.70 bits per heavy atom. The second-order valence-electron chi connectivity index (χ2n) is 7.20. The molecule has 0 fully saturated rings. The topological polar surface area (TPSA) is 90.1 Å². The first-order valence-corrected chi connectivity index (χ1v) is 9.62.